The van der Waals surface area contributed by atoms with Crippen LogP contribution in [0.25, 0.3) is 10.9 Å². The Morgan fingerprint density at radius 2 is 1.96 bits per heavy atom. The van der Waals surface area contributed by atoms with Crippen LogP contribution in [0.5, 0.6) is 0 Å². The van der Waals surface area contributed by atoms with Gasteiger partial charge in [-0.05, 0) is 18.2 Å². The molecule has 0 aliphatic carbocycles. The molecule has 0 unspecified atom stereocenters. The van der Waals surface area contributed by atoms with E-state index in [0.717, 1.165) is 9.86 Å². The first kappa shape index (κ1) is 16.9. The van der Waals surface area contributed by atoms with Gasteiger partial charge in [-0.25, -0.2) is 0 Å². The molecule has 1 aliphatic rings. The zero-order chi connectivity index (χ0) is 17.3. The van der Waals surface area contributed by atoms with Crippen molar-refractivity contribution in [3.63, 3.8) is 0 Å². The Morgan fingerprint density at radius 1 is 1.25 bits per heavy atom. The Hall–Kier alpha value is -1.90. The number of aliphatic carboxylic acids is 2. The van der Waals surface area contributed by atoms with Gasteiger partial charge in [0.25, 0.3) is 0 Å². The van der Waals surface area contributed by atoms with Gasteiger partial charge in [-0.15, -0.1) is 0 Å². The number of hydrogen-bond acceptors (Lipinski definition) is 4. The van der Waals surface area contributed by atoms with E-state index in [4.69, 9.17) is 9.84 Å². The van der Waals surface area contributed by atoms with E-state index in [1.165, 1.54) is 0 Å². The largest absolute Gasteiger partial charge is 0.480 e. The second kappa shape index (κ2) is 6.92. The molecule has 24 heavy (non-hydrogen) atoms. The molecule has 1 saturated heterocycles. The van der Waals surface area contributed by atoms with E-state index in [0.29, 0.717) is 37.4 Å². The van der Waals surface area contributed by atoms with Crippen molar-refractivity contribution in [3.8, 4) is 0 Å². The van der Waals surface area contributed by atoms with Gasteiger partial charge >= 0.3 is 11.9 Å². The maximum absolute atomic E-state index is 11.9. The summed E-state index contributed by atoms with van der Waals surface area (Å²) in [5.74, 6) is -1.93. The molecule has 0 amide bonds. The number of benzene rings is 1. The Bertz CT molecular complexity index is 782. The fourth-order valence-electron chi connectivity index (χ4n) is 3.11. The standard InChI is InChI=1S/C16H17BrN2O5/c17-10-1-2-13-11(7-10)12(8-19(13)9-14(20)21)15(16(22)23)18-3-5-24-6-4-18/h1-2,7-8,15H,3-6,9H2,(H,20,21)(H,22,23)/t15-/m1/s1. The molecule has 1 aliphatic heterocycles. The van der Waals surface area contributed by atoms with Crippen molar-refractivity contribution in [2.75, 3.05) is 26.3 Å². The first-order valence-electron chi connectivity index (χ1n) is 7.52. The van der Waals surface area contributed by atoms with Gasteiger partial charge in [0.2, 0.25) is 0 Å². The Kier molecular flexibility index (Phi) is 4.88. The van der Waals surface area contributed by atoms with Crippen molar-refractivity contribution < 1.29 is 24.5 Å². The van der Waals surface area contributed by atoms with Crippen LogP contribution in [0.3, 0.4) is 0 Å². The maximum atomic E-state index is 11.9. The molecular weight excluding hydrogens is 380 g/mol. The Balaban J connectivity index is 2.12. The number of ether oxygens (including phenoxy) is 1. The molecular formula is C16H17BrN2O5. The minimum Gasteiger partial charge on any atom is -0.480 e. The minimum atomic E-state index is -0.973. The van der Waals surface area contributed by atoms with Crippen LogP contribution >= 0.6 is 15.9 Å². The van der Waals surface area contributed by atoms with Gasteiger partial charge in [-0.2, -0.15) is 0 Å². The molecule has 128 valence electrons. The van der Waals surface area contributed by atoms with Crippen molar-refractivity contribution in [2.24, 2.45) is 0 Å². The second-order valence-electron chi connectivity index (χ2n) is 5.66. The van der Waals surface area contributed by atoms with Gasteiger partial charge in [-0.1, -0.05) is 15.9 Å². The zero-order valence-corrected chi connectivity index (χ0v) is 14.4. The number of hydrogen-bond donors (Lipinski definition) is 2. The lowest BCUT2D eigenvalue weighted by Gasteiger charge is -2.31. The lowest BCUT2D eigenvalue weighted by molar-refractivity contribution is -0.145. The van der Waals surface area contributed by atoms with Crippen LogP contribution in [0.1, 0.15) is 11.6 Å². The van der Waals surface area contributed by atoms with Gasteiger partial charge in [0, 0.05) is 40.2 Å². The number of rotatable bonds is 5. The van der Waals surface area contributed by atoms with E-state index < -0.39 is 18.0 Å². The topological polar surface area (TPSA) is 92.0 Å². The van der Waals surface area contributed by atoms with Gasteiger partial charge in [0.05, 0.1) is 13.2 Å². The second-order valence-corrected chi connectivity index (χ2v) is 6.57. The summed E-state index contributed by atoms with van der Waals surface area (Å²) in [6.07, 6.45) is 1.64. The molecule has 1 fully saturated rings. The van der Waals surface area contributed by atoms with Crippen molar-refractivity contribution >= 4 is 38.8 Å². The minimum absolute atomic E-state index is 0.215. The third kappa shape index (κ3) is 3.31. The van der Waals surface area contributed by atoms with Crippen LogP contribution < -0.4 is 0 Å². The van der Waals surface area contributed by atoms with Gasteiger partial charge in [0.15, 0.2) is 0 Å². The lowest BCUT2D eigenvalue weighted by Crippen LogP contribution is -2.42. The smallest absolute Gasteiger partial charge is 0.325 e. The highest BCUT2D eigenvalue weighted by molar-refractivity contribution is 9.10. The number of morpholine rings is 1. The van der Waals surface area contributed by atoms with Crippen LogP contribution in [0, 0.1) is 0 Å². The third-order valence-corrected chi connectivity index (χ3v) is 4.61. The molecule has 8 heteroatoms. The van der Waals surface area contributed by atoms with Crippen LogP contribution in [0.2, 0.25) is 0 Å². The molecule has 2 heterocycles. The number of carboxylic acid groups (broad SMARTS) is 2. The van der Waals surface area contributed by atoms with Crippen LogP contribution in [0.15, 0.2) is 28.9 Å². The molecule has 1 aromatic heterocycles. The third-order valence-electron chi connectivity index (χ3n) is 4.12. The van der Waals surface area contributed by atoms with E-state index in [-0.39, 0.29) is 6.54 Å². The summed E-state index contributed by atoms with van der Waals surface area (Å²) in [6, 6.07) is 4.61. The first-order chi connectivity index (χ1) is 11.5. The number of carboxylic acids is 2. The highest BCUT2D eigenvalue weighted by atomic mass is 79.9. The Labute approximate surface area is 146 Å². The summed E-state index contributed by atoms with van der Waals surface area (Å²) in [4.78, 5) is 24.9. The fraction of sp³-hybridized carbons (Fsp3) is 0.375. The monoisotopic (exact) mass is 396 g/mol. The summed E-state index contributed by atoms with van der Waals surface area (Å²) in [6.45, 7) is 1.81. The molecule has 0 radical (unpaired) electrons. The van der Waals surface area contributed by atoms with Crippen molar-refractivity contribution in [1.29, 1.82) is 0 Å². The average Bonchev–Trinajstić information content (AvgIpc) is 2.85. The quantitative estimate of drug-likeness (QED) is 0.802. The highest BCUT2D eigenvalue weighted by Gasteiger charge is 2.31. The molecule has 0 spiro atoms. The van der Waals surface area contributed by atoms with E-state index >= 15 is 0 Å². The number of aromatic nitrogens is 1. The summed E-state index contributed by atoms with van der Waals surface area (Å²) >= 11 is 3.40. The molecule has 1 atom stereocenters. The summed E-state index contributed by atoms with van der Waals surface area (Å²) in [7, 11) is 0. The van der Waals surface area contributed by atoms with Crippen molar-refractivity contribution in [1.82, 2.24) is 9.47 Å². The number of halogens is 1. The first-order valence-corrected chi connectivity index (χ1v) is 8.31. The normalized spacial score (nSPS) is 17.0. The SMILES string of the molecule is O=C(O)Cn1cc([C@H](C(=O)O)N2CCOCC2)c2cc(Br)ccc21. The molecule has 2 N–H and O–H groups in total. The van der Waals surface area contributed by atoms with Gasteiger partial charge < -0.3 is 19.5 Å². The number of fused-ring (bicyclic) bond motifs is 1. The fourth-order valence-corrected chi connectivity index (χ4v) is 3.47. The number of carbonyl (C=O) groups is 2. The molecule has 0 bridgehead atoms. The van der Waals surface area contributed by atoms with E-state index in [1.54, 1.807) is 16.8 Å². The molecule has 1 aromatic carbocycles. The van der Waals surface area contributed by atoms with Gasteiger partial charge in [0.1, 0.15) is 12.6 Å². The lowest BCUT2D eigenvalue weighted by atomic mass is 10.0. The molecule has 3 rings (SSSR count). The maximum Gasteiger partial charge on any atom is 0.325 e. The molecule has 2 aromatic rings. The van der Waals surface area contributed by atoms with Crippen LogP contribution in [-0.2, 0) is 20.9 Å². The van der Waals surface area contributed by atoms with Crippen molar-refractivity contribution in [2.45, 2.75) is 12.6 Å². The van der Waals surface area contributed by atoms with Crippen LogP contribution in [-0.4, -0.2) is 57.9 Å². The Morgan fingerprint density at radius 3 is 2.58 bits per heavy atom. The van der Waals surface area contributed by atoms with Gasteiger partial charge in [-0.3, -0.25) is 14.5 Å². The number of nitrogens with zero attached hydrogens (tertiary/aromatic N) is 2. The van der Waals surface area contributed by atoms with E-state index in [9.17, 15) is 14.7 Å². The van der Waals surface area contributed by atoms with E-state index in [2.05, 4.69) is 15.9 Å². The molecule has 0 saturated carbocycles. The summed E-state index contributed by atoms with van der Waals surface area (Å²) in [5.41, 5.74) is 1.30. The average molecular weight is 397 g/mol. The zero-order valence-electron chi connectivity index (χ0n) is 12.8. The molecule has 7 nitrogen and oxygen atoms in total. The van der Waals surface area contributed by atoms with E-state index in [1.807, 2.05) is 17.0 Å². The van der Waals surface area contributed by atoms with Crippen LogP contribution in [0.4, 0.5) is 0 Å². The predicted molar refractivity (Wildman–Crippen MR) is 90.0 cm³/mol. The predicted octanol–water partition coefficient (Wildman–Crippen LogP) is 1.95. The van der Waals surface area contributed by atoms with Crippen molar-refractivity contribution in [3.05, 3.63) is 34.4 Å². The highest BCUT2D eigenvalue weighted by Crippen LogP contribution is 2.33. The summed E-state index contributed by atoms with van der Waals surface area (Å²) in [5, 5.41) is 19.6. The summed E-state index contributed by atoms with van der Waals surface area (Å²) < 4.78 is 7.70.